The van der Waals surface area contributed by atoms with Crippen LogP contribution in [0.4, 0.5) is 16.2 Å². The third-order valence-electron chi connectivity index (χ3n) is 2.86. The first-order valence-electron chi connectivity index (χ1n) is 6.66. The van der Waals surface area contributed by atoms with Crippen LogP contribution in [0, 0.1) is 0 Å². The fourth-order valence-corrected chi connectivity index (χ4v) is 1.89. The fraction of sp³-hybridized carbons (Fsp3) is 0. The van der Waals surface area contributed by atoms with Crippen molar-refractivity contribution in [3.05, 3.63) is 67.1 Å². The molecule has 0 unspecified atom stereocenters. The molecule has 7 heteroatoms. The Morgan fingerprint density at radius 3 is 2.59 bits per heavy atom. The van der Waals surface area contributed by atoms with E-state index in [2.05, 4.69) is 20.8 Å². The van der Waals surface area contributed by atoms with E-state index in [1.54, 1.807) is 43.0 Å². The van der Waals surface area contributed by atoms with Crippen molar-refractivity contribution < 1.29 is 4.79 Å². The number of hydrogen-bond donors (Lipinski definition) is 2. The van der Waals surface area contributed by atoms with Gasteiger partial charge in [0.05, 0.1) is 11.9 Å². The molecule has 2 N–H and O–H groups in total. The smallest absolute Gasteiger partial charge is 0.306 e. The Kier molecular flexibility index (Phi) is 3.96. The van der Waals surface area contributed by atoms with E-state index in [9.17, 15) is 4.79 Å². The third kappa shape index (κ3) is 3.04. The number of nitrogens with zero attached hydrogens (tertiary/aromatic N) is 4. The van der Waals surface area contributed by atoms with Gasteiger partial charge in [-0.1, -0.05) is 23.4 Å². The summed E-state index contributed by atoms with van der Waals surface area (Å²) in [6.45, 7) is 0. The number of amides is 2. The van der Waals surface area contributed by atoms with Crippen molar-refractivity contribution in [1.82, 2.24) is 15.6 Å². The quantitative estimate of drug-likeness (QED) is 0.911. The number of allylic oxidation sites excluding steroid dienone is 1. The van der Waals surface area contributed by atoms with Gasteiger partial charge in [-0.2, -0.15) is 5.01 Å². The SMILES string of the molecule is O=C(Nc1ccncc1)N(c1ccccc1)N1N=CC=CN1. The van der Waals surface area contributed by atoms with E-state index in [-0.39, 0.29) is 6.03 Å². The number of anilines is 2. The molecule has 0 aliphatic carbocycles. The Morgan fingerprint density at radius 1 is 1.14 bits per heavy atom. The number of carbonyl (C=O) groups excluding carboxylic acids is 1. The van der Waals surface area contributed by atoms with Gasteiger partial charge in [-0.25, -0.2) is 4.79 Å². The highest BCUT2D eigenvalue weighted by Gasteiger charge is 2.22. The number of nitrogens with one attached hydrogen (secondary N) is 2. The summed E-state index contributed by atoms with van der Waals surface area (Å²) < 4.78 is 0. The first kappa shape index (κ1) is 13.6. The monoisotopic (exact) mass is 294 g/mol. The molecule has 0 bridgehead atoms. The minimum absolute atomic E-state index is 0.350. The Bertz CT molecular complexity index is 686. The highest BCUT2D eigenvalue weighted by Crippen LogP contribution is 2.18. The van der Waals surface area contributed by atoms with Crippen molar-refractivity contribution >= 4 is 23.6 Å². The van der Waals surface area contributed by atoms with Crippen LogP contribution >= 0.6 is 0 Å². The zero-order chi connectivity index (χ0) is 15.2. The molecule has 2 aromatic rings. The maximum Gasteiger partial charge on any atom is 0.348 e. The second-order valence-corrected chi connectivity index (χ2v) is 4.36. The molecule has 0 fully saturated rings. The molecular weight excluding hydrogens is 280 g/mol. The van der Waals surface area contributed by atoms with E-state index in [0.29, 0.717) is 11.4 Å². The molecule has 1 aromatic heterocycles. The normalized spacial score (nSPS) is 12.6. The number of rotatable bonds is 3. The molecule has 7 nitrogen and oxygen atoms in total. The number of hydrazine groups is 2. The lowest BCUT2D eigenvalue weighted by molar-refractivity contribution is 0.197. The Hall–Kier alpha value is -3.35. The molecule has 1 aliphatic rings. The van der Waals surface area contributed by atoms with Crippen molar-refractivity contribution in [2.75, 3.05) is 10.3 Å². The topological polar surface area (TPSA) is 72.9 Å². The highest BCUT2D eigenvalue weighted by atomic mass is 16.2. The summed E-state index contributed by atoms with van der Waals surface area (Å²) in [4.78, 5) is 16.6. The van der Waals surface area contributed by atoms with Gasteiger partial charge in [0.1, 0.15) is 0 Å². The van der Waals surface area contributed by atoms with E-state index >= 15 is 0 Å². The van der Waals surface area contributed by atoms with Gasteiger partial charge < -0.3 is 5.32 Å². The summed E-state index contributed by atoms with van der Waals surface area (Å²) in [7, 11) is 0. The lowest BCUT2D eigenvalue weighted by Gasteiger charge is -2.32. The second-order valence-electron chi connectivity index (χ2n) is 4.36. The number of carbonyl (C=O) groups is 1. The number of aromatic nitrogens is 1. The van der Waals surface area contributed by atoms with Crippen molar-refractivity contribution in [2.45, 2.75) is 0 Å². The average molecular weight is 294 g/mol. The van der Waals surface area contributed by atoms with Crippen LogP contribution in [0.3, 0.4) is 0 Å². The maximum atomic E-state index is 12.6. The van der Waals surface area contributed by atoms with Crippen LogP contribution < -0.4 is 15.8 Å². The van der Waals surface area contributed by atoms with Gasteiger partial charge in [0.15, 0.2) is 0 Å². The largest absolute Gasteiger partial charge is 0.348 e. The van der Waals surface area contributed by atoms with Crippen LogP contribution in [0.15, 0.2) is 72.2 Å². The van der Waals surface area contributed by atoms with Gasteiger partial charge in [-0.15, -0.1) is 5.10 Å². The standard InChI is InChI=1S/C15H14N6O/c22-15(19-13-7-11-16-12-8-13)20(14-5-2-1-3-6-14)21-17-9-4-10-18-21/h1-12,17H,(H,16,19,22). The summed E-state index contributed by atoms with van der Waals surface area (Å²) in [5.41, 5.74) is 4.22. The molecule has 22 heavy (non-hydrogen) atoms. The maximum absolute atomic E-state index is 12.6. The van der Waals surface area contributed by atoms with Crippen LogP contribution in [0.5, 0.6) is 0 Å². The van der Waals surface area contributed by atoms with Crippen LogP contribution in [-0.4, -0.2) is 22.5 Å². The molecule has 0 saturated carbocycles. The minimum atomic E-state index is -0.350. The summed E-state index contributed by atoms with van der Waals surface area (Å²) in [6, 6.07) is 12.3. The second kappa shape index (κ2) is 6.40. The summed E-state index contributed by atoms with van der Waals surface area (Å²) in [6.07, 6.45) is 8.24. The molecule has 0 radical (unpaired) electrons. The first-order chi connectivity index (χ1) is 10.8. The molecule has 2 heterocycles. The van der Waals surface area contributed by atoms with Gasteiger partial charge in [0.2, 0.25) is 0 Å². The van der Waals surface area contributed by atoms with Gasteiger partial charge in [0.25, 0.3) is 0 Å². The molecule has 0 atom stereocenters. The van der Waals surface area contributed by atoms with Crippen molar-refractivity contribution in [3.63, 3.8) is 0 Å². The molecule has 2 amide bonds. The number of urea groups is 1. The molecular formula is C15H14N6O. The number of hydrazone groups is 1. The molecule has 3 rings (SSSR count). The van der Waals surface area contributed by atoms with Gasteiger partial charge in [-0.3, -0.25) is 10.4 Å². The van der Waals surface area contributed by atoms with E-state index < -0.39 is 0 Å². The molecule has 0 spiro atoms. The van der Waals surface area contributed by atoms with Crippen molar-refractivity contribution in [3.8, 4) is 0 Å². The number of pyridine rings is 1. The predicted octanol–water partition coefficient (Wildman–Crippen LogP) is 2.35. The van der Waals surface area contributed by atoms with Crippen LogP contribution in [0.1, 0.15) is 0 Å². The Labute approximate surface area is 127 Å². The highest BCUT2D eigenvalue weighted by molar-refractivity contribution is 6.01. The molecule has 110 valence electrons. The van der Waals surface area contributed by atoms with Gasteiger partial charge in [-0.05, 0) is 30.3 Å². The average Bonchev–Trinajstić information content (AvgIpc) is 2.58. The number of para-hydroxylation sites is 1. The van der Waals surface area contributed by atoms with E-state index in [1.807, 2.05) is 30.3 Å². The third-order valence-corrected chi connectivity index (χ3v) is 2.86. The van der Waals surface area contributed by atoms with Crippen LogP contribution in [-0.2, 0) is 0 Å². The van der Waals surface area contributed by atoms with E-state index in [1.165, 1.54) is 10.2 Å². The van der Waals surface area contributed by atoms with Crippen molar-refractivity contribution in [2.24, 2.45) is 5.10 Å². The lowest BCUT2D eigenvalue weighted by Crippen LogP contribution is -2.51. The molecule has 1 aromatic carbocycles. The lowest BCUT2D eigenvalue weighted by atomic mass is 10.3. The first-order valence-corrected chi connectivity index (χ1v) is 6.66. The zero-order valence-corrected chi connectivity index (χ0v) is 11.6. The fourth-order valence-electron chi connectivity index (χ4n) is 1.89. The van der Waals surface area contributed by atoms with E-state index in [4.69, 9.17) is 0 Å². The predicted molar refractivity (Wildman–Crippen MR) is 84.8 cm³/mol. The summed E-state index contributed by atoms with van der Waals surface area (Å²) in [5, 5.41) is 9.68. The minimum Gasteiger partial charge on any atom is -0.306 e. The van der Waals surface area contributed by atoms with E-state index in [0.717, 1.165) is 0 Å². The molecule has 1 aliphatic heterocycles. The van der Waals surface area contributed by atoms with Crippen molar-refractivity contribution in [1.29, 1.82) is 0 Å². The Balaban J connectivity index is 1.86. The van der Waals surface area contributed by atoms with Crippen LogP contribution in [0.2, 0.25) is 0 Å². The Morgan fingerprint density at radius 2 is 1.91 bits per heavy atom. The summed E-state index contributed by atoms with van der Waals surface area (Å²) >= 11 is 0. The number of benzene rings is 1. The number of hydrogen-bond acceptors (Lipinski definition) is 5. The molecule has 0 saturated heterocycles. The van der Waals surface area contributed by atoms with Gasteiger partial charge >= 0.3 is 6.03 Å². The van der Waals surface area contributed by atoms with Crippen LogP contribution in [0.25, 0.3) is 0 Å². The zero-order valence-electron chi connectivity index (χ0n) is 11.6. The summed E-state index contributed by atoms with van der Waals surface area (Å²) in [5.74, 6) is 0. The van der Waals surface area contributed by atoms with Gasteiger partial charge in [0, 0.05) is 24.3 Å².